The summed E-state index contributed by atoms with van der Waals surface area (Å²) in [6.45, 7) is 13.4. The Hall–Kier alpha value is -1.17. The third-order valence-electron chi connectivity index (χ3n) is 3.44. The molecule has 0 aliphatic heterocycles. The van der Waals surface area contributed by atoms with Crippen molar-refractivity contribution in [1.29, 1.82) is 0 Å². The van der Waals surface area contributed by atoms with Gasteiger partial charge in [0.05, 0.1) is 0 Å². The van der Waals surface area contributed by atoms with Crippen LogP contribution < -0.4 is 0 Å². The summed E-state index contributed by atoms with van der Waals surface area (Å²) in [7, 11) is 0. The van der Waals surface area contributed by atoms with Crippen molar-refractivity contribution in [3.63, 3.8) is 0 Å². The van der Waals surface area contributed by atoms with Crippen molar-refractivity contribution in [3.8, 4) is 10.9 Å². The number of hydrogen-bond acceptors (Lipinski definition) is 0. The second-order valence-corrected chi connectivity index (χ2v) is 5.56. The zero-order valence-corrected chi connectivity index (χ0v) is 11.8. The van der Waals surface area contributed by atoms with Crippen LogP contribution in [-0.4, -0.2) is 13.8 Å². The van der Waals surface area contributed by atoms with E-state index >= 15 is 0 Å². The average molecular weight is 234 g/mol. The van der Waals surface area contributed by atoms with Crippen LogP contribution in [0.3, 0.4) is 0 Å². The van der Waals surface area contributed by atoms with Gasteiger partial charge < -0.3 is 0 Å². The maximum atomic E-state index is 2.31. The molecule has 2 heteroatoms. The Balaban J connectivity index is 2.42. The van der Waals surface area contributed by atoms with E-state index in [0.29, 0.717) is 11.8 Å². The molecule has 2 heterocycles. The minimum atomic E-state index is 0.582. The molecule has 2 aromatic heterocycles. The van der Waals surface area contributed by atoms with Gasteiger partial charge >= 0.3 is 112 Å². The molecular formula is C16H20B2. The molecule has 0 fully saturated rings. The summed E-state index contributed by atoms with van der Waals surface area (Å²) in [6, 6.07) is 9.04. The molecule has 0 aliphatic carbocycles. The molecule has 18 heavy (non-hydrogen) atoms. The normalized spacial score (nSPS) is 10.8. The summed E-state index contributed by atoms with van der Waals surface area (Å²) in [4.78, 5) is 0. The molecule has 0 aromatic carbocycles. The van der Waals surface area contributed by atoms with Gasteiger partial charge in [0.25, 0.3) is 0 Å². The third-order valence-corrected chi connectivity index (χ3v) is 3.44. The van der Waals surface area contributed by atoms with Crippen molar-refractivity contribution in [2.24, 2.45) is 0 Å². The molecule has 0 bridgehead atoms. The third kappa shape index (κ3) is 2.98. The predicted octanol–water partition coefficient (Wildman–Crippen LogP) is 4.28. The molecular weight excluding hydrogens is 214 g/mol. The van der Waals surface area contributed by atoms with Crippen LogP contribution in [0.5, 0.6) is 0 Å². The van der Waals surface area contributed by atoms with Gasteiger partial charge in [-0.3, -0.25) is 0 Å². The molecule has 0 saturated carbocycles. The molecule has 0 aliphatic rings. The van der Waals surface area contributed by atoms with E-state index < -0.39 is 0 Å². The summed E-state index contributed by atoms with van der Waals surface area (Å²) in [5, 5.41) is 0. The number of rotatable bonds is 3. The van der Waals surface area contributed by atoms with Crippen molar-refractivity contribution in [3.05, 3.63) is 47.3 Å². The molecule has 0 amide bonds. The predicted molar refractivity (Wildman–Crippen MR) is 82.8 cm³/mol. The Morgan fingerprint density at radius 3 is 1.44 bits per heavy atom. The maximum absolute atomic E-state index is 2.31. The quantitative estimate of drug-likeness (QED) is 0.743. The Morgan fingerprint density at radius 2 is 1.11 bits per heavy atom. The zero-order chi connectivity index (χ0) is 13.1. The van der Waals surface area contributed by atoms with Crippen molar-refractivity contribution in [1.82, 2.24) is 0 Å². The molecule has 0 saturated heterocycles. The van der Waals surface area contributed by atoms with Gasteiger partial charge in [-0.15, -0.1) is 0 Å². The van der Waals surface area contributed by atoms with E-state index in [1.54, 1.807) is 0 Å². The van der Waals surface area contributed by atoms with Gasteiger partial charge in [0.1, 0.15) is 0 Å². The molecule has 0 radical (unpaired) electrons. The summed E-state index contributed by atoms with van der Waals surface area (Å²) in [6.07, 6.45) is 0. The van der Waals surface area contributed by atoms with Crippen LogP contribution in [0.25, 0.3) is 10.9 Å². The molecule has 0 unspecified atom stereocenters. The fourth-order valence-electron chi connectivity index (χ4n) is 2.15. The Kier molecular flexibility index (Phi) is 4.16. The van der Waals surface area contributed by atoms with E-state index in [-0.39, 0.29) is 0 Å². The van der Waals surface area contributed by atoms with Crippen LogP contribution in [0.4, 0.5) is 0 Å². The van der Waals surface area contributed by atoms with Gasteiger partial charge in [-0.25, -0.2) is 0 Å². The van der Waals surface area contributed by atoms with Crippen LogP contribution >= 0.6 is 0 Å². The van der Waals surface area contributed by atoms with E-state index in [1.165, 1.54) is 22.0 Å². The van der Waals surface area contributed by atoms with E-state index in [4.69, 9.17) is 0 Å². The second-order valence-electron chi connectivity index (χ2n) is 5.56. The van der Waals surface area contributed by atoms with E-state index in [2.05, 4.69) is 77.7 Å². The fraction of sp³-hybridized carbons (Fsp3) is 0.375. The Morgan fingerprint density at radius 1 is 0.722 bits per heavy atom. The first-order valence-corrected chi connectivity index (χ1v) is 6.78. The number of hydrogen-bond donors (Lipinski definition) is 0. The minimum absolute atomic E-state index is 0.582. The van der Waals surface area contributed by atoms with Crippen LogP contribution in [0.15, 0.2) is 36.2 Å². The first-order valence-electron chi connectivity index (χ1n) is 6.78. The topological polar surface area (TPSA) is 0 Å². The van der Waals surface area contributed by atoms with E-state index in [9.17, 15) is 0 Å². The van der Waals surface area contributed by atoms with Gasteiger partial charge in [-0.2, -0.15) is 0 Å². The fourth-order valence-corrected chi connectivity index (χ4v) is 2.15. The van der Waals surface area contributed by atoms with Crippen LogP contribution in [0, 0.1) is 0 Å². The standard InChI is InChI=1S/C16H20B2/c1-11(2)13-5-7-17-15(9-13)16-10-14(12(3)4)6-8-18-16/h5-12H,1-4H3. The Labute approximate surface area is 112 Å². The molecule has 2 aromatic rings. The summed E-state index contributed by atoms with van der Waals surface area (Å²) in [5.41, 5.74) is 5.46. The molecule has 0 nitrogen and oxygen atoms in total. The Bertz CT molecular complexity index is 481. The molecule has 90 valence electrons. The van der Waals surface area contributed by atoms with Crippen LogP contribution in [-0.2, 0) is 0 Å². The monoisotopic (exact) mass is 234 g/mol. The average Bonchev–Trinajstić information content (AvgIpc) is 2.39. The summed E-state index contributed by atoms with van der Waals surface area (Å²) in [5.74, 6) is 5.48. The molecule has 0 atom stereocenters. The van der Waals surface area contributed by atoms with Gasteiger partial charge in [-0.05, 0) is 0 Å². The van der Waals surface area contributed by atoms with Gasteiger partial charge in [0.2, 0.25) is 0 Å². The van der Waals surface area contributed by atoms with Crippen molar-refractivity contribution in [2.45, 2.75) is 39.5 Å². The molecule has 0 N–H and O–H groups in total. The van der Waals surface area contributed by atoms with Gasteiger partial charge in [0, 0.05) is 0 Å². The van der Waals surface area contributed by atoms with Gasteiger partial charge in [0.15, 0.2) is 0 Å². The van der Waals surface area contributed by atoms with Crippen molar-refractivity contribution >= 4 is 13.8 Å². The SMILES string of the molecule is CC(C)c1ccbc(-c2bccc(C(C)C)c2)c1. The molecule has 2 rings (SSSR count). The zero-order valence-electron chi connectivity index (χ0n) is 11.8. The van der Waals surface area contributed by atoms with Gasteiger partial charge in [-0.1, -0.05) is 0 Å². The molecule has 0 spiro atoms. The first kappa shape index (κ1) is 13.3. The van der Waals surface area contributed by atoms with Crippen LogP contribution in [0.1, 0.15) is 50.7 Å². The van der Waals surface area contributed by atoms with Crippen molar-refractivity contribution in [2.75, 3.05) is 0 Å². The van der Waals surface area contributed by atoms with Crippen LogP contribution in [0.2, 0.25) is 0 Å². The first-order chi connectivity index (χ1) is 8.58. The summed E-state index contributed by atoms with van der Waals surface area (Å²) < 4.78 is 0. The van der Waals surface area contributed by atoms with E-state index in [1.807, 2.05) is 0 Å². The second kappa shape index (κ2) is 5.65. The van der Waals surface area contributed by atoms with Crippen molar-refractivity contribution < 1.29 is 0 Å². The summed E-state index contributed by atoms with van der Waals surface area (Å²) >= 11 is 0. The van der Waals surface area contributed by atoms with E-state index in [0.717, 1.165) is 0 Å².